The van der Waals surface area contributed by atoms with Crippen LogP contribution in [0, 0.1) is 5.82 Å². The summed E-state index contributed by atoms with van der Waals surface area (Å²) in [6.45, 7) is 2.95. The first-order valence-corrected chi connectivity index (χ1v) is 10.9. The minimum Gasteiger partial charge on any atom is -0.397 e. The number of pyridine rings is 1. The van der Waals surface area contributed by atoms with Crippen LogP contribution in [0.15, 0.2) is 66.9 Å². The summed E-state index contributed by atoms with van der Waals surface area (Å²) in [6, 6.07) is 15.8. The van der Waals surface area contributed by atoms with Crippen LogP contribution in [-0.2, 0) is 6.54 Å². The van der Waals surface area contributed by atoms with Crippen molar-refractivity contribution in [3.63, 3.8) is 0 Å². The second kappa shape index (κ2) is 11.6. The maximum absolute atomic E-state index is 13.5. The number of carbonyl (C=O) groups excluding carboxylic acids is 2. The second-order valence-electron chi connectivity index (χ2n) is 7.66. The monoisotopic (exact) mass is 449 g/mol. The Morgan fingerprint density at radius 1 is 1.03 bits per heavy atom. The highest BCUT2D eigenvalue weighted by atomic mass is 19.1. The summed E-state index contributed by atoms with van der Waals surface area (Å²) in [4.78, 5) is 31.2. The molecule has 8 heteroatoms. The number of aromatic nitrogens is 1. The van der Waals surface area contributed by atoms with Crippen molar-refractivity contribution in [1.82, 2.24) is 9.88 Å². The van der Waals surface area contributed by atoms with Crippen molar-refractivity contribution in [3.05, 3.63) is 83.9 Å². The Labute approximate surface area is 192 Å². The minimum atomic E-state index is -0.416. The van der Waals surface area contributed by atoms with Gasteiger partial charge in [0.2, 0.25) is 0 Å². The first-order chi connectivity index (χ1) is 16.0. The Bertz CT molecular complexity index is 1090. The minimum absolute atomic E-state index is 0.240. The largest absolute Gasteiger partial charge is 0.397 e. The zero-order valence-electron chi connectivity index (χ0n) is 18.6. The zero-order valence-corrected chi connectivity index (χ0v) is 18.6. The molecule has 0 aliphatic rings. The summed E-state index contributed by atoms with van der Waals surface area (Å²) >= 11 is 0. The summed E-state index contributed by atoms with van der Waals surface area (Å²) in [5, 5.41) is 5.48. The molecule has 1 heterocycles. The highest BCUT2D eigenvalue weighted by molar-refractivity contribution is 6.04. The third-order valence-corrected chi connectivity index (χ3v) is 5.03. The van der Waals surface area contributed by atoms with E-state index in [1.165, 1.54) is 12.1 Å². The number of unbranched alkanes of at least 4 members (excludes halogenated alkanes) is 2. The Hall–Kier alpha value is -3.94. The van der Waals surface area contributed by atoms with Gasteiger partial charge in [0.1, 0.15) is 11.5 Å². The van der Waals surface area contributed by atoms with Crippen LogP contribution < -0.4 is 16.4 Å². The molecule has 7 nitrogen and oxygen atoms in total. The van der Waals surface area contributed by atoms with E-state index in [2.05, 4.69) is 22.5 Å². The Morgan fingerprint density at radius 2 is 1.85 bits per heavy atom. The van der Waals surface area contributed by atoms with Gasteiger partial charge in [-0.15, -0.1) is 0 Å². The van der Waals surface area contributed by atoms with Gasteiger partial charge in [0, 0.05) is 25.0 Å². The van der Waals surface area contributed by atoms with Crippen LogP contribution in [0.4, 0.5) is 26.2 Å². The fraction of sp³-hybridized carbons (Fsp3) is 0.240. The number of rotatable bonds is 9. The van der Waals surface area contributed by atoms with Gasteiger partial charge in [-0.2, -0.15) is 0 Å². The summed E-state index contributed by atoms with van der Waals surface area (Å²) < 4.78 is 13.5. The molecule has 0 spiro atoms. The Morgan fingerprint density at radius 3 is 2.55 bits per heavy atom. The number of anilines is 3. The van der Waals surface area contributed by atoms with Crippen molar-refractivity contribution in [1.29, 1.82) is 0 Å². The molecule has 2 aromatic carbocycles. The molecule has 0 saturated carbocycles. The molecule has 172 valence electrons. The van der Waals surface area contributed by atoms with E-state index in [1.807, 2.05) is 0 Å². The third kappa shape index (κ3) is 7.03. The number of nitrogen functional groups attached to an aromatic ring is 1. The molecule has 0 radical (unpaired) electrons. The number of hydrogen-bond donors (Lipinski definition) is 3. The van der Waals surface area contributed by atoms with Crippen molar-refractivity contribution < 1.29 is 14.0 Å². The highest BCUT2D eigenvalue weighted by Gasteiger charge is 2.16. The fourth-order valence-corrected chi connectivity index (χ4v) is 3.24. The lowest BCUT2D eigenvalue weighted by molar-refractivity contribution is 0.102. The quantitative estimate of drug-likeness (QED) is 0.306. The van der Waals surface area contributed by atoms with Crippen molar-refractivity contribution in [3.8, 4) is 0 Å². The molecule has 0 saturated heterocycles. The predicted octanol–water partition coefficient (Wildman–Crippen LogP) is 5.28. The van der Waals surface area contributed by atoms with E-state index in [4.69, 9.17) is 5.73 Å². The normalized spacial score (nSPS) is 10.5. The van der Waals surface area contributed by atoms with E-state index < -0.39 is 5.82 Å². The first kappa shape index (κ1) is 23.7. The lowest BCUT2D eigenvalue weighted by Gasteiger charge is -2.23. The van der Waals surface area contributed by atoms with Crippen molar-refractivity contribution in [2.75, 3.05) is 22.9 Å². The number of hydrogen-bond acceptors (Lipinski definition) is 4. The van der Waals surface area contributed by atoms with Crippen LogP contribution in [-0.4, -0.2) is 28.4 Å². The number of benzene rings is 2. The van der Waals surface area contributed by atoms with Gasteiger partial charge in [-0.1, -0.05) is 44.0 Å². The number of nitrogens with two attached hydrogens (primary N) is 1. The molecule has 33 heavy (non-hydrogen) atoms. The summed E-state index contributed by atoms with van der Waals surface area (Å²) in [7, 11) is 0. The standard InChI is InChI=1S/C25H28FN5O2/c1-2-3-6-14-31(25(33)29-20-9-7-8-19(26)15-20)17-18-12-13-23(28-16-18)24(32)30-22-11-5-4-10-21(22)27/h4-5,7-13,15-16H,2-3,6,14,17,27H2,1H3,(H,29,33)(H,30,32). The van der Waals surface area contributed by atoms with Gasteiger partial charge < -0.3 is 21.3 Å². The molecule has 3 amide bonds. The lowest BCUT2D eigenvalue weighted by Crippen LogP contribution is -2.35. The number of halogens is 1. The van der Waals surface area contributed by atoms with Crippen LogP contribution in [0.5, 0.6) is 0 Å². The van der Waals surface area contributed by atoms with E-state index in [-0.39, 0.29) is 17.6 Å². The molecule has 1 aromatic heterocycles. The lowest BCUT2D eigenvalue weighted by atomic mass is 10.2. The van der Waals surface area contributed by atoms with Crippen LogP contribution in [0.2, 0.25) is 0 Å². The van der Waals surface area contributed by atoms with Crippen LogP contribution in [0.1, 0.15) is 42.2 Å². The second-order valence-corrected chi connectivity index (χ2v) is 7.66. The van der Waals surface area contributed by atoms with E-state index in [9.17, 15) is 14.0 Å². The summed E-state index contributed by atoms with van der Waals surface area (Å²) in [5.74, 6) is -0.788. The topological polar surface area (TPSA) is 100 Å². The number of para-hydroxylation sites is 2. The number of nitrogens with zero attached hydrogens (tertiary/aromatic N) is 2. The Balaban J connectivity index is 1.66. The molecule has 0 aliphatic heterocycles. The van der Waals surface area contributed by atoms with Gasteiger partial charge in [0.15, 0.2) is 0 Å². The van der Waals surface area contributed by atoms with E-state index in [1.54, 1.807) is 59.6 Å². The van der Waals surface area contributed by atoms with Gasteiger partial charge >= 0.3 is 6.03 Å². The summed E-state index contributed by atoms with van der Waals surface area (Å²) in [5.41, 5.74) is 8.26. The molecule has 3 aromatic rings. The number of amides is 3. The third-order valence-electron chi connectivity index (χ3n) is 5.03. The van der Waals surface area contributed by atoms with Gasteiger partial charge in [-0.3, -0.25) is 9.78 Å². The molecule has 3 rings (SSSR count). The maximum atomic E-state index is 13.5. The van der Waals surface area contributed by atoms with Gasteiger partial charge in [-0.05, 0) is 48.4 Å². The molecule has 0 aliphatic carbocycles. The van der Waals surface area contributed by atoms with Crippen molar-refractivity contribution in [2.24, 2.45) is 0 Å². The zero-order chi connectivity index (χ0) is 23.6. The number of urea groups is 1. The number of nitrogens with one attached hydrogen (secondary N) is 2. The fourth-order valence-electron chi connectivity index (χ4n) is 3.24. The van der Waals surface area contributed by atoms with Crippen LogP contribution >= 0.6 is 0 Å². The summed E-state index contributed by atoms with van der Waals surface area (Å²) in [6.07, 6.45) is 4.44. The van der Waals surface area contributed by atoms with E-state index in [0.29, 0.717) is 30.2 Å². The predicted molar refractivity (Wildman–Crippen MR) is 128 cm³/mol. The highest BCUT2D eigenvalue weighted by Crippen LogP contribution is 2.18. The smallest absolute Gasteiger partial charge is 0.322 e. The van der Waals surface area contributed by atoms with Gasteiger partial charge in [0.25, 0.3) is 5.91 Å². The SMILES string of the molecule is CCCCCN(Cc1ccc(C(=O)Nc2ccccc2N)nc1)C(=O)Nc1cccc(F)c1. The van der Waals surface area contributed by atoms with E-state index >= 15 is 0 Å². The molecular weight excluding hydrogens is 421 g/mol. The van der Waals surface area contributed by atoms with Gasteiger partial charge in [0.05, 0.1) is 11.4 Å². The van der Waals surface area contributed by atoms with Crippen molar-refractivity contribution in [2.45, 2.75) is 32.7 Å². The average Bonchev–Trinajstić information content (AvgIpc) is 2.80. The Kier molecular flexibility index (Phi) is 8.35. The first-order valence-electron chi connectivity index (χ1n) is 10.9. The molecule has 4 N–H and O–H groups in total. The molecule has 0 unspecified atom stereocenters. The molecule has 0 atom stereocenters. The maximum Gasteiger partial charge on any atom is 0.322 e. The molecule has 0 fully saturated rings. The van der Waals surface area contributed by atoms with Crippen LogP contribution in [0.25, 0.3) is 0 Å². The van der Waals surface area contributed by atoms with Crippen molar-refractivity contribution >= 4 is 29.0 Å². The molecular formula is C25H28FN5O2. The average molecular weight is 450 g/mol. The molecule has 0 bridgehead atoms. The van der Waals surface area contributed by atoms with Gasteiger partial charge in [-0.25, -0.2) is 9.18 Å². The van der Waals surface area contributed by atoms with E-state index in [0.717, 1.165) is 24.8 Å². The number of carbonyl (C=O) groups is 2. The van der Waals surface area contributed by atoms with Crippen LogP contribution in [0.3, 0.4) is 0 Å².